The molecule has 1 fully saturated rings. The Morgan fingerprint density at radius 3 is 2.76 bits per heavy atom. The second-order valence-electron chi connectivity index (χ2n) is 5.57. The number of ether oxygens (including phenoxy) is 1. The maximum absolute atomic E-state index is 12.3. The van der Waals surface area contributed by atoms with E-state index in [0.29, 0.717) is 32.3 Å². The van der Waals surface area contributed by atoms with Crippen molar-refractivity contribution in [2.45, 2.75) is 26.1 Å². The molecule has 1 aromatic heterocycles. The summed E-state index contributed by atoms with van der Waals surface area (Å²) in [5.74, 6) is 1.21. The molecule has 0 aliphatic carbocycles. The molecule has 25 heavy (non-hydrogen) atoms. The highest BCUT2D eigenvalue weighted by Gasteiger charge is 2.26. The van der Waals surface area contributed by atoms with Crippen LogP contribution in [-0.4, -0.2) is 56.5 Å². The van der Waals surface area contributed by atoms with Crippen molar-refractivity contribution in [2.24, 2.45) is 4.99 Å². The van der Waals surface area contributed by atoms with Gasteiger partial charge < -0.3 is 20.3 Å². The van der Waals surface area contributed by atoms with E-state index in [1.165, 1.54) is 0 Å². The van der Waals surface area contributed by atoms with Crippen LogP contribution < -0.4 is 15.5 Å². The Labute approximate surface area is 145 Å². The lowest BCUT2D eigenvalue weighted by Gasteiger charge is -2.29. The molecule has 0 spiro atoms. The summed E-state index contributed by atoms with van der Waals surface area (Å²) < 4.78 is 42.2. The fourth-order valence-corrected chi connectivity index (χ4v) is 2.44. The molecule has 0 radical (unpaired) electrons. The fourth-order valence-electron chi connectivity index (χ4n) is 2.44. The van der Waals surface area contributed by atoms with Crippen molar-refractivity contribution >= 4 is 11.8 Å². The molecule has 0 atom stereocenters. The van der Waals surface area contributed by atoms with Gasteiger partial charge in [-0.05, 0) is 13.0 Å². The second-order valence-corrected chi connectivity index (χ2v) is 5.57. The Kier molecular flexibility index (Phi) is 7.30. The molecule has 0 unspecified atom stereocenters. The molecule has 0 bridgehead atoms. The number of morpholine rings is 1. The number of aromatic nitrogens is 1. The van der Waals surface area contributed by atoms with Crippen LogP contribution in [0.25, 0.3) is 0 Å². The Hall–Kier alpha value is -2.03. The highest BCUT2D eigenvalue weighted by atomic mass is 19.4. The Morgan fingerprint density at radius 2 is 2.08 bits per heavy atom. The van der Waals surface area contributed by atoms with Gasteiger partial charge in [0.15, 0.2) is 5.96 Å². The van der Waals surface area contributed by atoms with Crippen LogP contribution in [0.4, 0.5) is 19.0 Å². The lowest BCUT2D eigenvalue weighted by Crippen LogP contribution is -2.39. The van der Waals surface area contributed by atoms with Crippen molar-refractivity contribution in [3.05, 3.63) is 23.9 Å². The van der Waals surface area contributed by atoms with Crippen LogP contribution in [0.2, 0.25) is 0 Å². The molecule has 2 heterocycles. The average molecular weight is 359 g/mol. The molecular formula is C16H24F3N5O. The van der Waals surface area contributed by atoms with Crippen molar-refractivity contribution in [3.63, 3.8) is 0 Å². The fraction of sp³-hybridized carbons (Fsp3) is 0.625. The first-order chi connectivity index (χ1) is 12.0. The summed E-state index contributed by atoms with van der Waals surface area (Å²) in [7, 11) is 0. The first kappa shape index (κ1) is 19.3. The zero-order chi connectivity index (χ0) is 18.1. The number of hydrogen-bond donors (Lipinski definition) is 2. The predicted molar refractivity (Wildman–Crippen MR) is 90.8 cm³/mol. The minimum absolute atomic E-state index is 0.210. The minimum atomic E-state index is -4.18. The van der Waals surface area contributed by atoms with Crippen molar-refractivity contribution in [3.8, 4) is 0 Å². The van der Waals surface area contributed by atoms with Crippen LogP contribution in [0.15, 0.2) is 23.3 Å². The van der Waals surface area contributed by atoms with E-state index in [9.17, 15) is 13.2 Å². The molecule has 2 N–H and O–H groups in total. The largest absolute Gasteiger partial charge is 0.390 e. The van der Waals surface area contributed by atoms with Crippen LogP contribution in [0.3, 0.4) is 0 Å². The van der Waals surface area contributed by atoms with Gasteiger partial charge in [0.25, 0.3) is 0 Å². The molecule has 0 aromatic carbocycles. The number of alkyl halides is 3. The molecule has 1 aliphatic rings. The first-order valence-corrected chi connectivity index (χ1v) is 8.35. The van der Waals surface area contributed by atoms with E-state index in [1.807, 2.05) is 19.1 Å². The molecule has 6 nitrogen and oxygen atoms in total. The number of anilines is 1. The van der Waals surface area contributed by atoms with Gasteiger partial charge in [-0.3, -0.25) is 0 Å². The molecule has 0 saturated carbocycles. The van der Waals surface area contributed by atoms with Gasteiger partial charge in [0, 0.05) is 37.9 Å². The smallest absolute Gasteiger partial charge is 0.378 e. The Bertz CT molecular complexity index is 559. The van der Waals surface area contributed by atoms with Crippen molar-refractivity contribution in [1.29, 1.82) is 0 Å². The van der Waals surface area contributed by atoms with Crippen LogP contribution >= 0.6 is 0 Å². The van der Waals surface area contributed by atoms with Crippen molar-refractivity contribution in [2.75, 3.05) is 44.3 Å². The molecule has 1 saturated heterocycles. The molecule has 0 amide bonds. The van der Waals surface area contributed by atoms with Crippen LogP contribution in [-0.2, 0) is 11.3 Å². The van der Waals surface area contributed by atoms with Gasteiger partial charge in [-0.1, -0.05) is 6.07 Å². The van der Waals surface area contributed by atoms with Gasteiger partial charge >= 0.3 is 6.18 Å². The molecule has 1 aromatic rings. The standard InChI is InChI=1S/C16H24F3N5O/c1-2-20-15(22-7-5-16(17,18)19)23-12-13-4-3-6-21-14(13)24-8-10-25-11-9-24/h3-4,6H,2,5,7-12H2,1H3,(H2,20,22,23). The summed E-state index contributed by atoms with van der Waals surface area (Å²) in [6, 6.07) is 3.76. The number of aliphatic imine (C=N–C) groups is 1. The first-order valence-electron chi connectivity index (χ1n) is 8.35. The van der Waals surface area contributed by atoms with E-state index in [-0.39, 0.29) is 6.54 Å². The number of rotatable bonds is 6. The molecule has 140 valence electrons. The highest BCUT2D eigenvalue weighted by Crippen LogP contribution is 2.19. The third kappa shape index (κ3) is 6.77. The van der Waals surface area contributed by atoms with Gasteiger partial charge in [-0.25, -0.2) is 9.98 Å². The minimum Gasteiger partial charge on any atom is -0.378 e. The SMILES string of the molecule is CCNC(=NCc1cccnc1N1CCOCC1)NCCC(F)(F)F. The number of nitrogens with zero attached hydrogens (tertiary/aromatic N) is 3. The third-order valence-electron chi connectivity index (χ3n) is 3.63. The normalized spacial score (nSPS) is 16.0. The maximum atomic E-state index is 12.3. The Balaban J connectivity index is 2.01. The summed E-state index contributed by atoms with van der Waals surface area (Å²) in [4.78, 5) is 11.0. The Morgan fingerprint density at radius 1 is 1.32 bits per heavy atom. The monoisotopic (exact) mass is 359 g/mol. The number of hydrogen-bond acceptors (Lipinski definition) is 4. The van der Waals surface area contributed by atoms with E-state index in [4.69, 9.17) is 4.74 Å². The van der Waals surface area contributed by atoms with Gasteiger partial charge in [0.05, 0.1) is 26.2 Å². The molecule has 1 aliphatic heterocycles. The third-order valence-corrected chi connectivity index (χ3v) is 3.63. The molecular weight excluding hydrogens is 335 g/mol. The van der Waals surface area contributed by atoms with E-state index in [1.54, 1.807) is 6.20 Å². The number of halogens is 3. The summed E-state index contributed by atoms with van der Waals surface area (Å²) in [5, 5.41) is 5.67. The topological polar surface area (TPSA) is 61.8 Å². The number of pyridine rings is 1. The average Bonchev–Trinajstić information content (AvgIpc) is 2.59. The zero-order valence-corrected chi connectivity index (χ0v) is 14.3. The highest BCUT2D eigenvalue weighted by molar-refractivity contribution is 5.79. The van der Waals surface area contributed by atoms with E-state index < -0.39 is 12.6 Å². The van der Waals surface area contributed by atoms with Gasteiger partial charge in [0.1, 0.15) is 5.82 Å². The van der Waals surface area contributed by atoms with Gasteiger partial charge in [-0.15, -0.1) is 0 Å². The summed E-state index contributed by atoms with van der Waals surface area (Å²) in [6.45, 7) is 5.39. The van der Waals surface area contributed by atoms with E-state index in [0.717, 1.165) is 24.5 Å². The van der Waals surface area contributed by atoms with Crippen LogP contribution in [0, 0.1) is 0 Å². The molecule has 9 heteroatoms. The lowest BCUT2D eigenvalue weighted by atomic mass is 10.2. The lowest BCUT2D eigenvalue weighted by molar-refractivity contribution is -0.132. The summed E-state index contributed by atoms with van der Waals surface area (Å²) in [6.07, 6.45) is -3.36. The zero-order valence-electron chi connectivity index (χ0n) is 14.3. The predicted octanol–water partition coefficient (Wildman–Crippen LogP) is 1.93. The van der Waals surface area contributed by atoms with Crippen molar-refractivity contribution < 1.29 is 17.9 Å². The molecule has 2 rings (SSSR count). The van der Waals surface area contributed by atoms with Crippen molar-refractivity contribution in [1.82, 2.24) is 15.6 Å². The quantitative estimate of drug-likeness (QED) is 0.600. The number of guanidine groups is 1. The summed E-state index contributed by atoms with van der Waals surface area (Å²) >= 11 is 0. The van der Waals surface area contributed by atoms with E-state index in [2.05, 4.69) is 25.5 Å². The van der Waals surface area contributed by atoms with E-state index >= 15 is 0 Å². The maximum Gasteiger partial charge on any atom is 0.390 e. The number of nitrogens with one attached hydrogen (secondary N) is 2. The van der Waals surface area contributed by atoms with Gasteiger partial charge in [-0.2, -0.15) is 13.2 Å². The van der Waals surface area contributed by atoms with Crippen LogP contribution in [0.1, 0.15) is 18.9 Å². The van der Waals surface area contributed by atoms with Gasteiger partial charge in [0.2, 0.25) is 0 Å². The second kappa shape index (κ2) is 9.45. The van der Waals surface area contributed by atoms with Crippen LogP contribution in [0.5, 0.6) is 0 Å². The summed E-state index contributed by atoms with van der Waals surface area (Å²) in [5.41, 5.74) is 0.928.